The lowest BCUT2D eigenvalue weighted by molar-refractivity contribution is -0.134. The van der Waals surface area contributed by atoms with E-state index in [0.717, 1.165) is 0 Å². The van der Waals surface area contributed by atoms with Crippen LogP contribution in [-0.2, 0) is 16.0 Å². The summed E-state index contributed by atoms with van der Waals surface area (Å²) in [6.07, 6.45) is 1.12. The molecule has 0 unspecified atom stereocenters. The second-order valence-corrected chi connectivity index (χ2v) is 6.27. The van der Waals surface area contributed by atoms with Gasteiger partial charge in [-0.3, -0.25) is 9.59 Å². The van der Waals surface area contributed by atoms with Gasteiger partial charge in [0.15, 0.2) is 0 Å². The summed E-state index contributed by atoms with van der Waals surface area (Å²) >= 11 is 1.64. The van der Waals surface area contributed by atoms with Crippen molar-refractivity contribution in [3.63, 3.8) is 0 Å². The molecule has 0 fully saturated rings. The minimum Gasteiger partial charge on any atom is -0.495 e. The van der Waals surface area contributed by atoms with Crippen LogP contribution in [0.5, 0.6) is 5.75 Å². The van der Waals surface area contributed by atoms with Crippen LogP contribution in [0.15, 0.2) is 41.8 Å². The Morgan fingerprint density at radius 3 is 2.67 bits per heavy atom. The molecule has 0 saturated carbocycles. The molecule has 1 N–H and O–H groups in total. The van der Waals surface area contributed by atoms with E-state index in [1.54, 1.807) is 35.5 Å². The summed E-state index contributed by atoms with van der Waals surface area (Å²) in [6.45, 7) is 2.42. The summed E-state index contributed by atoms with van der Waals surface area (Å²) < 4.78 is 5.21. The highest BCUT2D eigenvalue weighted by Gasteiger charge is 2.16. The molecule has 6 heteroatoms. The highest BCUT2D eigenvalue weighted by molar-refractivity contribution is 7.09. The Morgan fingerprint density at radius 1 is 1.21 bits per heavy atom. The number of nitrogens with one attached hydrogen (secondary N) is 1. The number of carbonyl (C=O) groups excluding carboxylic acids is 2. The summed E-state index contributed by atoms with van der Waals surface area (Å²) in [5.41, 5.74) is 0.604. The standard InChI is InChI=1S/C18H22N2O3S/c1-3-20(18(22)11-10-14-7-6-12-24-14)13-17(21)19-15-8-4-5-9-16(15)23-2/h4-9,12H,3,10-11,13H2,1-2H3,(H,19,21). The Kier molecular flexibility index (Phi) is 6.81. The van der Waals surface area contributed by atoms with Crippen LogP contribution >= 0.6 is 11.3 Å². The van der Waals surface area contributed by atoms with Crippen molar-refractivity contribution >= 4 is 28.8 Å². The molecule has 1 heterocycles. The first-order valence-corrected chi connectivity index (χ1v) is 8.75. The van der Waals surface area contributed by atoms with Gasteiger partial charge in [-0.05, 0) is 36.9 Å². The van der Waals surface area contributed by atoms with Gasteiger partial charge in [-0.15, -0.1) is 11.3 Å². The Morgan fingerprint density at radius 2 is 2.00 bits per heavy atom. The number of amides is 2. The van der Waals surface area contributed by atoms with Gasteiger partial charge in [0, 0.05) is 17.8 Å². The van der Waals surface area contributed by atoms with Crippen LogP contribution in [0.3, 0.4) is 0 Å². The van der Waals surface area contributed by atoms with E-state index in [0.29, 0.717) is 30.8 Å². The lowest BCUT2D eigenvalue weighted by Crippen LogP contribution is -2.38. The molecule has 0 aliphatic rings. The van der Waals surface area contributed by atoms with E-state index in [1.165, 1.54) is 4.88 Å². The third kappa shape index (κ3) is 5.09. The fourth-order valence-corrected chi connectivity index (χ4v) is 3.04. The van der Waals surface area contributed by atoms with Crippen molar-refractivity contribution in [2.45, 2.75) is 19.8 Å². The SMILES string of the molecule is CCN(CC(=O)Nc1ccccc1OC)C(=O)CCc1cccs1. The predicted molar refractivity (Wildman–Crippen MR) is 96.5 cm³/mol. The van der Waals surface area contributed by atoms with Crippen molar-refractivity contribution in [2.75, 3.05) is 25.5 Å². The highest BCUT2D eigenvalue weighted by Crippen LogP contribution is 2.22. The van der Waals surface area contributed by atoms with Crippen LogP contribution in [0.25, 0.3) is 0 Å². The topological polar surface area (TPSA) is 58.6 Å². The van der Waals surface area contributed by atoms with Gasteiger partial charge in [0.2, 0.25) is 11.8 Å². The molecule has 0 atom stereocenters. The second kappa shape index (κ2) is 9.08. The number of rotatable bonds is 8. The van der Waals surface area contributed by atoms with Gasteiger partial charge in [-0.2, -0.15) is 0 Å². The molecular weight excluding hydrogens is 324 g/mol. The van der Waals surface area contributed by atoms with Crippen molar-refractivity contribution in [3.05, 3.63) is 46.7 Å². The first-order chi connectivity index (χ1) is 11.6. The molecule has 0 aliphatic heterocycles. The van der Waals surface area contributed by atoms with Crippen LogP contribution in [0.4, 0.5) is 5.69 Å². The number of likely N-dealkylation sites (N-methyl/N-ethyl adjacent to an activating group) is 1. The van der Waals surface area contributed by atoms with E-state index in [2.05, 4.69) is 5.32 Å². The highest BCUT2D eigenvalue weighted by atomic mass is 32.1. The predicted octanol–water partition coefficient (Wildman–Crippen LogP) is 3.18. The third-order valence-corrected chi connectivity index (χ3v) is 4.55. The lowest BCUT2D eigenvalue weighted by Gasteiger charge is -2.20. The average molecular weight is 346 g/mol. The minimum absolute atomic E-state index is 0.0129. The summed E-state index contributed by atoms with van der Waals surface area (Å²) in [6, 6.07) is 11.2. The molecule has 0 spiro atoms. The third-order valence-electron chi connectivity index (χ3n) is 3.62. The molecule has 0 aliphatic carbocycles. The first kappa shape index (κ1) is 18.0. The van der Waals surface area contributed by atoms with Crippen molar-refractivity contribution in [2.24, 2.45) is 0 Å². The number of benzene rings is 1. The number of anilines is 1. The average Bonchev–Trinajstić information content (AvgIpc) is 3.11. The van der Waals surface area contributed by atoms with E-state index in [9.17, 15) is 9.59 Å². The number of ether oxygens (including phenoxy) is 1. The van der Waals surface area contributed by atoms with E-state index in [1.807, 2.05) is 36.6 Å². The molecule has 128 valence electrons. The van der Waals surface area contributed by atoms with Gasteiger partial charge in [-0.25, -0.2) is 0 Å². The van der Waals surface area contributed by atoms with Gasteiger partial charge >= 0.3 is 0 Å². The maximum Gasteiger partial charge on any atom is 0.244 e. The summed E-state index contributed by atoms with van der Waals surface area (Å²) in [4.78, 5) is 27.3. The Balaban J connectivity index is 1.88. The number of aryl methyl sites for hydroxylation is 1. The van der Waals surface area contributed by atoms with E-state index >= 15 is 0 Å². The van der Waals surface area contributed by atoms with Crippen molar-refractivity contribution < 1.29 is 14.3 Å². The maximum atomic E-state index is 12.3. The number of carbonyl (C=O) groups is 2. The smallest absolute Gasteiger partial charge is 0.244 e. The number of para-hydroxylation sites is 2. The van der Waals surface area contributed by atoms with Gasteiger partial charge < -0.3 is 15.0 Å². The molecule has 0 radical (unpaired) electrons. The summed E-state index contributed by atoms with van der Waals surface area (Å²) in [7, 11) is 1.55. The monoisotopic (exact) mass is 346 g/mol. The molecule has 1 aromatic carbocycles. The molecule has 1 aromatic heterocycles. The molecule has 0 bridgehead atoms. The zero-order chi connectivity index (χ0) is 17.4. The van der Waals surface area contributed by atoms with Gasteiger partial charge in [-0.1, -0.05) is 18.2 Å². The van der Waals surface area contributed by atoms with E-state index in [-0.39, 0.29) is 18.4 Å². The number of hydrogen-bond acceptors (Lipinski definition) is 4. The second-order valence-electron chi connectivity index (χ2n) is 5.24. The number of hydrogen-bond donors (Lipinski definition) is 1. The largest absolute Gasteiger partial charge is 0.495 e. The van der Waals surface area contributed by atoms with Crippen LogP contribution in [0.1, 0.15) is 18.2 Å². The number of thiophene rings is 1. The van der Waals surface area contributed by atoms with Crippen LogP contribution in [-0.4, -0.2) is 36.9 Å². The maximum absolute atomic E-state index is 12.3. The minimum atomic E-state index is -0.231. The molecular formula is C18H22N2O3S. The summed E-state index contributed by atoms with van der Waals surface area (Å²) in [5, 5.41) is 4.79. The number of nitrogens with zero attached hydrogens (tertiary/aromatic N) is 1. The van der Waals surface area contributed by atoms with Crippen LogP contribution in [0, 0.1) is 0 Å². The van der Waals surface area contributed by atoms with Gasteiger partial charge in [0.1, 0.15) is 5.75 Å². The normalized spacial score (nSPS) is 10.2. The zero-order valence-corrected chi connectivity index (χ0v) is 14.8. The van der Waals surface area contributed by atoms with Crippen LogP contribution in [0.2, 0.25) is 0 Å². The number of methoxy groups -OCH3 is 1. The molecule has 2 amide bonds. The van der Waals surface area contributed by atoms with Crippen molar-refractivity contribution in [3.8, 4) is 5.75 Å². The quantitative estimate of drug-likeness (QED) is 0.799. The lowest BCUT2D eigenvalue weighted by atomic mass is 10.2. The fraction of sp³-hybridized carbons (Fsp3) is 0.333. The van der Waals surface area contributed by atoms with Crippen molar-refractivity contribution in [1.29, 1.82) is 0 Å². The van der Waals surface area contributed by atoms with E-state index < -0.39 is 0 Å². The van der Waals surface area contributed by atoms with Gasteiger partial charge in [0.05, 0.1) is 19.3 Å². The van der Waals surface area contributed by atoms with Gasteiger partial charge in [0.25, 0.3) is 0 Å². The Bertz CT molecular complexity index is 671. The fourth-order valence-electron chi connectivity index (χ4n) is 2.33. The van der Waals surface area contributed by atoms with Crippen molar-refractivity contribution in [1.82, 2.24) is 4.90 Å². The zero-order valence-electron chi connectivity index (χ0n) is 14.0. The summed E-state index contributed by atoms with van der Waals surface area (Å²) in [5.74, 6) is 0.352. The first-order valence-electron chi connectivity index (χ1n) is 7.87. The molecule has 24 heavy (non-hydrogen) atoms. The Hall–Kier alpha value is -2.34. The van der Waals surface area contributed by atoms with E-state index in [4.69, 9.17) is 4.74 Å². The Labute approximate surface area is 146 Å². The molecule has 5 nitrogen and oxygen atoms in total. The molecule has 2 aromatic rings. The van der Waals surface area contributed by atoms with Crippen LogP contribution < -0.4 is 10.1 Å². The molecule has 0 saturated heterocycles. The molecule has 2 rings (SSSR count).